The minimum atomic E-state index is -0.0880. The summed E-state index contributed by atoms with van der Waals surface area (Å²) in [4.78, 5) is 4.35. The summed E-state index contributed by atoms with van der Waals surface area (Å²) in [5, 5.41) is 16.7. The van der Waals surface area contributed by atoms with Crippen LogP contribution in [-0.4, -0.2) is 21.3 Å². The second-order valence-corrected chi connectivity index (χ2v) is 6.66. The Bertz CT molecular complexity index is 609. The lowest BCUT2D eigenvalue weighted by atomic mass is 9.57. The van der Waals surface area contributed by atoms with Gasteiger partial charge in [-0.3, -0.25) is 4.98 Å². The molecule has 2 heterocycles. The summed E-state index contributed by atoms with van der Waals surface area (Å²) >= 11 is 0. The first-order valence-electron chi connectivity index (χ1n) is 7.78. The van der Waals surface area contributed by atoms with Crippen LogP contribution in [0.3, 0.4) is 0 Å². The third kappa shape index (κ3) is 3.05. The molecule has 0 spiro atoms. The van der Waals surface area contributed by atoms with E-state index in [1.54, 1.807) is 0 Å². The van der Waals surface area contributed by atoms with E-state index >= 15 is 0 Å². The first-order chi connectivity index (χ1) is 10.6. The van der Waals surface area contributed by atoms with E-state index in [1.807, 2.05) is 30.5 Å². The Morgan fingerprint density at radius 2 is 2.23 bits per heavy atom. The number of aromatic nitrogens is 2. The lowest BCUT2D eigenvalue weighted by molar-refractivity contribution is 0.0123. The van der Waals surface area contributed by atoms with Gasteiger partial charge in [-0.1, -0.05) is 25.1 Å². The largest absolute Gasteiger partial charge is 0.388 e. The maximum absolute atomic E-state index is 9.03. The number of rotatable bonds is 6. The van der Waals surface area contributed by atoms with Gasteiger partial charge in [0.05, 0.1) is 11.4 Å². The molecule has 2 aromatic heterocycles. The van der Waals surface area contributed by atoms with Gasteiger partial charge in [0.1, 0.15) is 6.61 Å². The van der Waals surface area contributed by atoms with E-state index in [1.165, 1.54) is 0 Å². The summed E-state index contributed by atoms with van der Waals surface area (Å²) in [5.41, 5.74) is 2.23. The summed E-state index contributed by atoms with van der Waals surface area (Å²) in [6.07, 6.45) is 3.86. The van der Waals surface area contributed by atoms with E-state index in [9.17, 15) is 0 Å². The molecular formula is C17H23N3O2. The van der Waals surface area contributed by atoms with Crippen LogP contribution in [0.2, 0.25) is 0 Å². The second kappa shape index (κ2) is 6.18. The third-order valence-electron chi connectivity index (χ3n) is 4.95. The molecule has 118 valence electrons. The van der Waals surface area contributed by atoms with E-state index in [0.717, 1.165) is 30.8 Å². The zero-order valence-electron chi connectivity index (χ0n) is 13.1. The zero-order valence-corrected chi connectivity index (χ0v) is 13.1. The molecule has 0 bridgehead atoms. The SMILES string of the molecule is CC1(C)C(Cc2cc(CO)on2)CC1NCc1ccccn1. The molecule has 22 heavy (non-hydrogen) atoms. The van der Waals surface area contributed by atoms with Crippen molar-refractivity contribution in [3.8, 4) is 0 Å². The van der Waals surface area contributed by atoms with E-state index in [4.69, 9.17) is 9.63 Å². The third-order valence-corrected chi connectivity index (χ3v) is 4.95. The standard InChI is InChI=1S/C17H23N3O2/c1-17(2)12(7-14-9-15(11-21)22-20-14)8-16(17)19-10-13-5-3-4-6-18-13/h3-6,9,12,16,19,21H,7-8,10-11H2,1-2H3. The van der Waals surface area contributed by atoms with Crippen molar-refractivity contribution >= 4 is 0 Å². The number of nitrogens with one attached hydrogen (secondary N) is 1. The van der Waals surface area contributed by atoms with Crippen LogP contribution < -0.4 is 5.32 Å². The van der Waals surface area contributed by atoms with Gasteiger partial charge >= 0.3 is 0 Å². The fourth-order valence-electron chi connectivity index (χ4n) is 3.22. The molecule has 5 nitrogen and oxygen atoms in total. The first kappa shape index (κ1) is 15.2. The van der Waals surface area contributed by atoms with Gasteiger partial charge in [0.15, 0.2) is 5.76 Å². The number of hydrogen-bond donors (Lipinski definition) is 2. The molecule has 1 saturated carbocycles. The molecule has 1 aliphatic carbocycles. The van der Waals surface area contributed by atoms with Crippen LogP contribution in [0.4, 0.5) is 0 Å². The molecule has 2 N–H and O–H groups in total. The van der Waals surface area contributed by atoms with E-state index in [0.29, 0.717) is 17.7 Å². The van der Waals surface area contributed by atoms with Crippen LogP contribution in [0, 0.1) is 11.3 Å². The van der Waals surface area contributed by atoms with Crippen LogP contribution in [-0.2, 0) is 19.6 Å². The van der Waals surface area contributed by atoms with Crippen molar-refractivity contribution in [2.45, 2.75) is 45.9 Å². The zero-order chi connectivity index (χ0) is 15.6. The minimum absolute atomic E-state index is 0.0880. The summed E-state index contributed by atoms with van der Waals surface area (Å²) in [6, 6.07) is 8.34. The average molecular weight is 301 g/mol. The van der Waals surface area contributed by atoms with Crippen molar-refractivity contribution in [3.63, 3.8) is 0 Å². The molecule has 2 atom stereocenters. The predicted octanol–water partition coefficient (Wildman–Crippen LogP) is 2.31. The lowest BCUT2D eigenvalue weighted by Crippen LogP contribution is -2.57. The van der Waals surface area contributed by atoms with Gasteiger partial charge in [-0.25, -0.2) is 0 Å². The van der Waals surface area contributed by atoms with Crippen LogP contribution in [0.5, 0.6) is 0 Å². The highest BCUT2D eigenvalue weighted by molar-refractivity contribution is 5.11. The van der Waals surface area contributed by atoms with Crippen LogP contribution in [0.25, 0.3) is 0 Å². The fraction of sp³-hybridized carbons (Fsp3) is 0.529. The molecule has 5 heteroatoms. The lowest BCUT2D eigenvalue weighted by Gasteiger charge is -2.52. The van der Waals surface area contributed by atoms with Crippen LogP contribution in [0.1, 0.15) is 37.4 Å². The Labute approximate surface area is 130 Å². The Kier molecular flexibility index (Phi) is 4.27. The highest BCUT2D eigenvalue weighted by Gasteiger charge is 2.47. The normalized spacial score (nSPS) is 23.2. The molecule has 1 fully saturated rings. The number of aliphatic hydroxyl groups excluding tert-OH is 1. The van der Waals surface area contributed by atoms with Crippen LogP contribution in [0.15, 0.2) is 35.0 Å². The monoisotopic (exact) mass is 301 g/mol. The number of nitrogens with zero attached hydrogens (tertiary/aromatic N) is 2. The maximum atomic E-state index is 9.03. The minimum Gasteiger partial charge on any atom is -0.388 e. The van der Waals surface area contributed by atoms with Crippen molar-refractivity contribution in [2.24, 2.45) is 11.3 Å². The van der Waals surface area contributed by atoms with Gasteiger partial charge in [-0.2, -0.15) is 0 Å². The first-order valence-corrected chi connectivity index (χ1v) is 7.78. The van der Waals surface area contributed by atoms with Gasteiger partial charge < -0.3 is 14.9 Å². The molecule has 3 rings (SSSR count). The highest BCUT2D eigenvalue weighted by Crippen LogP contribution is 2.47. The summed E-state index contributed by atoms with van der Waals surface area (Å²) < 4.78 is 5.06. The van der Waals surface area contributed by atoms with Gasteiger partial charge in [0.25, 0.3) is 0 Å². The van der Waals surface area contributed by atoms with Gasteiger partial charge in [-0.05, 0) is 36.3 Å². The molecule has 2 unspecified atom stereocenters. The summed E-state index contributed by atoms with van der Waals surface area (Å²) in [5.74, 6) is 1.11. The summed E-state index contributed by atoms with van der Waals surface area (Å²) in [6.45, 7) is 5.31. The molecule has 0 amide bonds. The van der Waals surface area contributed by atoms with Crippen molar-refractivity contribution in [1.29, 1.82) is 0 Å². The van der Waals surface area contributed by atoms with E-state index < -0.39 is 0 Å². The van der Waals surface area contributed by atoms with Crippen molar-refractivity contribution in [3.05, 3.63) is 47.6 Å². The molecule has 2 aromatic rings. The molecule has 0 saturated heterocycles. The van der Waals surface area contributed by atoms with E-state index in [-0.39, 0.29) is 12.0 Å². The van der Waals surface area contributed by atoms with Crippen molar-refractivity contribution in [2.75, 3.05) is 0 Å². The Balaban J connectivity index is 1.53. The molecule has 1 aliphatic rings. The van der Waals surface area contributed by atoms with Gasteiger partial charge in [0.2, 0.25) is 0 Å². The quantitative estimate of drug-likeness (QED) is 0.856. The number of pyridine rings is 1. The maximum Gasteiger partial charge on any atom is 0.162 e. The van der Waals surface area contributed by atoms with Crippen LogP contribution >= 0.6 is 0 Å². The highest BCUT2D eigenvalue weighted by atomic mass is 16.5. The number of aliphatic hydroxyl groups is 1. The van der Waals surface area contributed by atoms with Crippen molar-refractivity contribution in [1.82, 2.24) is 15.5 Å². The van der Waals surface area contributed by atoms with Gasteiger partial charge in [0, 0.05) is 24.8 Å². The van der Waals surface area contributed by atoms with E-state index in [2.05, 4.69) is 29.3 Å². The Morgan fingerprint density at radius 3 is 2.86 bits per heavy atom. The Morgan fingerprint density at radius 1 is 1.36 bits per heavy atom. The smallest absolute Gasteiger partial charge is 0.162 e. The molecule has 0 aliphatic heterocycles. The Hall–Kier alpha value is -1.72. The van der Waals surface area contributed by atoms with Gasteiger partial charge in [-0.15, -0.1) is 0 Å². The molecular weight excluding hydrogens is 278 g/mol. The molecule has 0 aromatic carbocycles. The summed E-state index contributed by atoms with van der Waals surface area (Å²) in [7, 11) is 0. The fourth-order valence-corrected chi connectivity index (χ4v) is 3.22. The van der Waals surface area contributed by atoms with Crippen molar-refractivity contribution < 1.29 is 9.63 Å². The average Bonchev–Trinajstić information content (AvgIpc) is 2.99. The topological polar surface area (TPSA) is 71.2 Å². The molecule has 0 radical (unpaired) electrons. The number of hydrogen-bond acceptors (Lipinski definition) is 5. The second-order valence-electron chi connectivity index (χ2n) is 6.66. The predicted molar refractivity (Wildman–Crippen MR) is 82.9 cm³/mol.